The molecule has 0 bridgehead atoms. The Bertz CT molecular complexity index is 531. The van der Waals surface area contributed by atoms with E-state index in [1.165, 1.54) is 6.20 Å². The minimum atomic E-state index is -2.91. The van der Waals surface area contributed by atoms with Gasteiger partial charge in [0.2, 0.25) is 0 Å². The van der Waals surface area contributed by atoms with Crippen LogP contribution in [-0.2, 0) is 9.84 Å². The number of pyridine rings is 1. The number of sulfone groups is 1. The number of hydrogen-bond acceptors (Lipinski definition) is 4. The van der Waals surface area contributed by atoms with Crippen molar-refractivity contribution in [2.75, 3.05) is 11.5 Å². The van der Waals surface area contributed by atoms with Gasteiger partial charge >= 0.3 is 0 Å². The van der Waals surface area contributed by atoms with Crippen molar-refractivity contribution in [3.8, 4) is 6.07 Å². The Morgan fingerprint density at radius 3 is 2.94 bits per heavy atom. The lowest BCUT2D eigenvalue weighted by atomic mass is 9.97. The molecule has 0 aliphatic carbocycles. The van der Waals surface area contributed by atoms with Crippen molar-refractivity contribution in [2.24, 2.45) is 0 Å². The Morgan fingerprint density at radius 2 is 2.25 bits per heavy atom. The van der Waals surface area contributed by atoms with E-state index < -0.39 is 9.84 Å². The van der Waals surface area contributed by atoms with Crippen LogP contribution in [0.4, 0.5) is 0 Å². The molecule has 1 aromatic heterocycles. The maximum Gasteiger partial charge on any atom is 0.150 e. The van der Waals surface area contributed by atoms with Gasteiger partial charge in [-0.05, 0) is 30.4 Å². The summed E-state index contributed by atoms with van der Waals surface area (Å²) in [5, 5.41) is 8.75. The molecule has 1 atom stereocenters. The summed E-state index contributed by atoms with van der Waals surface area (Å²) in [6.45, 7) is 0. The van der Waals surface area contributed by atoms with E-state index in [-0.39, 0.29) is 17.4 Å². The lowest BCUT2D eigenvalue weighted by Crippen LogP contribution is -2.23. The van der Waals surface area contributed by atoms with Gasteiger partial charge in [0.05, 0.1) is 17.1 Å². The summed E-state index contributed by atoms with van der Waals surface area (Å²) in [5.41, 5.74) is 1.35. The highest BCUT2D eigenvalue weighted by atomic mass is 32.2. The highest BCUT2D eigenvalue weighted by molar-refractivity contribution is 7.91. The van der Waals surface area contributed by atoms with Crippen LogP contribution >= 0.6 is 0 Å². The average molecular weight is 236 g/mol. The fraction of sp³-hybridized carbons (Fsp3) is 0.455. The molecule has 1 aromatic rings. The van der Waals surface area contributed by atoms with Gasteiger partial charge in [0, 0.05) is 12.4 Å². The number of nitrogens with zero attached hydrogens (tertiary/aromatic N) is 2. The molecule has 16 heavy (non-hydrogen) atoms. The van der Waals surface area contributed by atoms with E-state index in [1.807, 2.05) is 6.07 Å². The summed E-state index contributed by atoms with van der Waals surface area (Å²) in [6, 6.07) is 3.75. The molecule has 2 rings (SSSR count). The zero-order valence-corrected chi connectivity index (χ0v) is 9.57. The van der Waals surface area contributed by atoms with Crippen LogP contribution in [0.15, 0.2) is 18.5 Å². The van der Waals surface area contributed by atoms with Gasteiger partial charge in [0.15, 0.2) is 9.84 Å². The van der Waals surface area contributed by atoms with Crippen molar-refractivity contribution in [1.29, 1.82) is 5.26 Å². The van der Waals surface area contributed by atoms with E-state index in [1.54, 1.807) is 12.3 Å². The third-order valence-electron chi connectivity index (χ3n) is 2.82. The standard InChI is InChI=1S/C11H12N2O2S/c12-5-9-4-11(7-13-6-9)10-2-1-3-16(14,15)8-10/h4,6-7,10H,1-3,8H2. The molecule has 1 aliphatic heterocycles. The average Bonchev–Trinajstić information content (AvgIpc) is 2.28. The van der Waals surface area contributed by atoms with E-state index in [0.29, 0.717) is 12.0 Å². The fourth-order valence-electron chi connectivity index (χ4n) is 2.03. The van der Waals surface area contributed by atoms with Gasteiger partial charge in [0.1, 0.15) is 6.07 Å². The summed E-state index contributed by atoms with van der Waals surface area (Å²) in [5.74, 6) is 0.470. The molecule has 0 radical (unpaired) electrons. The lowest BCUT2D eigenvalue weighted by Gasteiger charge is -2.21. The van der Waals surface area contributed by atoms with E-state index in [2.05, 4.69) is 4.98 Å². The zero-order chi connectivity index (χ0) is 11.6. The van der Waals surface area contributed by atoms with Crippen molar-refractivity contribution >= 4 is 9.84 Å². The zero-order valence-electron chi connectivity index (χ0n) is 8.76. The van der Waals surface area contributed by atoms with E-state index in [0.717, 1.165) is 12.0 Å². The molecule has 1 aliphatic rings. The molecule has 0 spiro atoms. The number of rotatable bonds is 1. The Morgan fingerprint density at radius 1 is 1.44 bits per heavy atom. The van der Waals surface area contributed by atoms with E-state index >= 15 is 0 Å². The fourth-order valence-corrected chi connectivity index (χ4v) is 3.77. The smallest absolute Gasteiger partial charge is 0.150 e. The van der Waals surface area contributed by atoms with Gasteiger partial charge < -0.3 is 0 Å². The van der Waals surface area contributed by atoms with Crippen molar-refractivity contribution in [1.82, 2.24) is 4.98 Å². The molecular weight excluding hydrogens is 224 g/mol. The Kier molecular flexibility index (Phi) is 2.92. The monoisotopic (exact) mass is 236 g/mol. The van der Waals surface area contributed by atoms with Gasteiger partial charge in [-0.2, -0.15) is 5.26 Å². The third kappa shape index (κ3) is 2.39. The Hall–Kier alpha value is -1.41. The Balaban J connectivity index is 2.27. The van der Waals surface area contributed by atoms with Crippen LogP contribution < -0.4 is 0 Å². The van der Waals surface area contributed by atoms with Gasteiger partial charge in [-0.1, -0.05) is 0 Å². The second-order valence-corrected chi connectivity index (χ2v) is 6.30. The molecule has 1 saturated heterocycles. The van der Waals surface area contributed by atoms with Crippen molar-refractivity contribution in [2.45, 2.75) is 18.8 Å². The summed E-state index contributed by atoms with van der Waals surface area (Å²) < 4.78 is 23.0. The first-order chi connectivity index (χ1) is 7.61. The minimum Gasteiger partial charge on any atom is -0.263 e. The van der Waals surface area contributed by atoms with Gasteiger partial charge in [0.25, 0.3) is 0 Å². The third-order valence-corrected chi connectivity index (χ3v) is 4.64. The first-order valence-electron chi connectivity index (χ1n) is 5.16. The van der Waals surface area contributed by atoms with Crippen LogP contribution in [0.1, 0.15) is 29.9 Å². The predicted molar refractivity (Wildman–Crippen MR) is 59.6 cm³/mol. The molecule has 1 unspecified atom stereocenters. The molecule has 5 heteroatoms. The minimum absolute atomic E-state index is 0.000417. The summed E-state index contributed by atoms with van der Waals surface area (Å²) >= 11 is 0. The van der Waals surface area contributed by atoms with Gasteiger partial charge in [-0.3, -0.25) is 4.98 Å². The predicted octanol–water partition coefficient (Wildman–Crippen LogP) is 1.25. The van der Waals surface area contributed by atoms with Crippen LogP contribution in [0.2, 0.25) is 0 Å². The van der Waals surface area contributed by atoms with E-state index in [4.69, 9.17) is 5.26 Å². The summed E-state index contributed by atoms with van der Waals surface area (Å²) in [7, 11) is -2.91. The van der Waals surface area contributed by atoms with Crippen molar-refractivity contribution < 1.29 is 8.42 Å². The number of nitriles is 1. The van der Waals surface area contributed by atoms with Crippen LogP contribution in [-0.4, -0.2) is 24.9 Å². The molecule has 2 heterocycles. The first-order valence-corrected chi connectivity index (χ1v) is 6.98. The highest BCUT2D eigenvalue weighted by Crippen LogP contribution is 2.27. The first kappa shape index (κ1) is 11.1. The second-order valence-electron chi connectivity index (χ2n) is 4.07. The lowest BCUT2D eigenvalue weighted by molar-refractivity contribution is 0.553. The molecule has 0 amide bonds. The molecule has 4 nitrogen and oxygen atoms in total. The van der Waals surface area contributed by atoms with Crippen molar-refractivity contribution in [3.05, 3.63) is 29.6 Å². The molecule has 0 N–H and O–H groups in total. The van der Waals surface area contributed by atoms with Crippen LogP contribution in [0.25, 0.3) is 0 Å². The van der Waals surface area contributed by atoms with Crippen LogP contribution in [0, 0.1) is 11.3 Å². The molecule has 1 fully saturated rings. The van der Waals surface area contributed by atoms with Gasteiger partial charge in [-0.25, -0.2) is 8.42 Å². The maximum atomic E-state index is 11.5. The van der Waals surface area contributed by atoms with Gasteiger partial charge in [-0.15, -0.1) is 0 Å². The molecule has 0 aromatic carbocycles. The summed E-state index contributed by atoms with van der Waals surface area (Å²) in [6.07, 6.45) is 4.70. The number of aromatic nitrogens is 1. The van der Waals surface area contributed by atoms with Crippen LogP contribution in [0.3, 0.4) is 0 Å². The SMILES string of the molecule is N#Cc1cncc(C2CCCS(=O)(=O)C2)c1. The van der Waals surface area contributed by atoms with Crippen LogP contribution in [0.5, 0.6) is 0 Å². The molecule has 84 valence electrons. The largest absolute Gasteiger partial charge is 0.263 e. The number of hydrogen-bond donors (Lipinski definition) is 0. The molecular formula is C11H12N2O2S. The maximum absolute atomic E-state index is 11.5. The van der Waals surface area contributed by atoms with E-state index in [9.17, 15) is 8.42 Å². The normalized spacial score (nSPS) is 23.6. The Labute approximate surface area is 94.9 Å². The topological polar surface area (TPSA) is 70.8 Å². The second kappa shape index (κ2) is 4.22. The van der Waals surface area contributed by atoms with Crippen molar-refractivity contribution in [3.63, 3.8) is 0 Å². The summed E-state index contributed by atoms with van der Waals surface area (Å²) in [4.78, 5) is 3.96. The quantitative estimate of drug-likeness (QED) is 0.735. The highest BCUT2D eigenvalue weighted by Gasteiger charge is 2.26. The molecule has 0 saturated carbocycles.